The summed E-state index contributed by atoms with van der Waals surface area (Å²) in [6.07, 6.45) is 3.12. The number of aromatic amines is 1. The molecule has 0 bridgehead atoms. The highest BCUT2D eigenvalue weighted by Gasteiger charge is 2.22. The molecule has 1 aliphatic rings. The van der Waals surface area contributed by atoms with Gasteiger partial charge < -0.3 is 9.67 Å². The van der Waals surface area contributed by atoms with Crippen LogP contribution in [0.5, 0.6) is 0 Å². The predicted molar refractivity (Wildman–Crippen MR) is 95.7 cm³/mol. The van der Waals surface area contributed by atoms with Crippen LogP contribution in [0, 0.1) is 0 Å². The fourth-order valence-electron chi connectivity index (χ4n) is 3.48. The Morgan fingerprint density at radius 2 is 1.92 bits per heavy atom. The average Bonchev–Trinajstić information content (AvgIpc) is 2.95. The number of hydrogen-bond acceptors (Lipinski definition) is 5. The summed E-state index contributed by atoms with van der Waals surface area (Å²) in [5.41, 5.74) is 0.197. The molecule has 0 amide bonds. The Balaban J connectivity index is 2.02. The van der Waals surface area contributed by atoms with Crippen LogP contribution < -0.4 is 11.2 Å². The summed E-state index contributed by atoms with van der Waals surface area (Å²) in [6.45, 7) is 7.47. The SMILES string of the molecule is CCCCn1c(=O)[nH]c(=O)c2c1nc(CN1CCC(O)CC1)n2CC. The number of aliphatic hydroxyl groups is 1. The number of hydrogen-bond donors (Lipinski definition) is 2. The summed E-state index contributed by atoms with van der Waals surface area (Å²) in [5.74, 6) is 0.801. The van der Waals surface area contributed by atoms with Crippen molar-refractivity contribution in [3.63, 3.8) is 0 Å². The van der Waals surface area contributed by atoms with Crippen LogP contribution in [0.1, 0.15) is 45.4 Å². The van der Waals surface area contributed by atoms with E-state index in [9.17, 15) is 14.7 Å². The lowest BCUT2D eigenvalue weighted by molar-refractivity contribution is 0.0776. The monoisotopic (exact) mass is 349 g/mol. The van der Waals surface area contributed by atoms with Gasteiger partial charge in [0.25, 0.3) is 5.56 Å². The summed E-state index contributed by atoms with van der Waals surface area (Å²) >= 11 is 0. The molecule has 1 saturated heterocycles. The van der Waals surface area contributed by atoms with Crippen molar-refractivity contribution in [2.75, 3.05) is 13.1 Å². The van der Waals surface area contributed by atoms with Crippen molar-refractivity contribution in [1.82, 2.24) is 24.0 Å². The van der Waals surface area contributed by atoms with Gasteiger partial charge in [0.15, 0.2) is 11.2 Å². The molecular formula is C17H27N5O3. The molecule has 0 unspecified atom stereocenters. The zero-order chi connectivity index (χ0) is 18.0. The van der Waals surface area contributed by atoms with E-state index in [1.165, 1.54) is 0 Å². The lowest BCUT2D eigenvalue weighted by Gasteiger charge is -2.29. The highest BCUT2D eigenvalue weighted by Crippen LogP contribution is 2.17. The van der Waals surface area contributed by atoms with E-state index >= 15 is 0 Å². The Morgan fingerprint density at radius 1 is 1.20 bits per heavy atom. The Bertz CT molecular complexity index is 842. The molecule has 0 aliphatic carbocycles. The minimum Gasteiger partial charge on any atom is -0.393 e. The fourth-order valence-corrected chi connectivity index (χ4v) is 3.48. The van der Waals surface area contributed by atoms with E-state index in [1.54, 1.807) is 4.57 Å². The molecule has 0 aromatic carbocycles. The average molecular weight is 349 g/mol. The number of fused-ring (bicyclic) bond motifs is 1. The van der Waals surface area contributed by atoms with E-state index in [1.807, 2.05) is 11.5 Å². The fraction of sp³-hybridized carbons (Fsp3) is 0.706. The minimum absolute atomic E-state index is 0.219. The number of aliphatic hydroxyl groups excluding tert-OH is 1. The third kappa shape index (κ3) is 3.55. The molecule has 2 N–H and O–H groups in total. The van der Waals surface area contributed by atoms with E-state index in [4.69, 9.17) is 0 Å². The Morgan fingerprint density at radius 3 is 2.56 bits per heavy atom. The number of likely N-dealkylation sites (tertiary alicyclic amines) is 1. The molecule has 2 aromatic rings. The topological polar surface area (TPSA) is 96.2 Å². The molecule has 0 atom stereocenters. The molecule has 8 nitrogen and oxygen atoms in total. The maximum Gasteiger partial charge on any atom is 0.330 e. The zero-order valence-corrected chi connectivity index (χ0v) is 15.0. The second kappa shape index (κ2) is 7.53. The first kappa shape index (κ1) is 17.9. The van der Waals surface area contributed by atoms with Crippen molar-refractivity contribution in [3.8, 4) is 0 Å². The molecule has 8 heteroatoms. The summed E-state index contributed by atoms with van der Waals surface area (Å²) in [7, 11) is 0. The van der Waals surface area contributed by atoms with Crippen molar-refractivity contribution in [3.05, 3.63) is 26.7 Å². The largest absolute Gasteiger partial charge is 0.393 e. The van der Waals surface area contributed by atoms with E-state index < -0.39 is 0 Å². The molecule has 0 radical (unpaired) electrons. The molecular weight excluding hydrogens is 322 g/mol. The van der Waals surface area contributed by atoms with Crippen LogP contribution >= 0.6 is 0 Å². The lowest BCUT2D eigenvalue weighted by Crippen LogP contribution is -2.36. The summed E-state index contributed by atoms with van der Waals surface area (Å²) in [6, 6.07) is 0. The summed E-state index contributed by atoms with van der Waals surface area (Å²) in [4.78, 5) is 33.9. The highest BCUT2D eigenvalue weighted by atomic mass is 16.3. The second-order valence-electron chi connectivity index (χ2n) is 6.72. The molecule has 3 rings (SSSR count). The molecule has 0 saturated carbocycles. The number of unbranched alkanes of at least 4 members (excludes halogenated alkanes) is 1. The Hall–Kier alpha value is -1.93. The third-order valence-corrected chi connectivity index (χ3v) is 4.94. The van der Waals surface area contributed by atoms with Crippen molar-refractivity contribution >= 4 is 11.2 Å². The number of nitrogens with one attached hydrogen (secondary N) is 1. The maximum absolute atomic E-state index is 12.4. The van der Waals surface area contributed by atoms with Crippen LogP contribution in [-0.4, -0.2) is 48.3 Å². The predicted octanol–water partition coefficient (Wildman–Crippen LogP) is 0.663. The number of imidazole rings is 1. The number of piperidine rings is 1. The van der Waals surface area contributed by atoms with E-state index in [0.29, 0.717) is 30.8 Å². The number of aromatic nitrogens is 4. The molecule has 25 heavy (non-hydrogen) atoms. The summed E-state index contributed by atoms with van der Waals surface area (Å²) in [5, 5.41) is 9.66. The normalized spacial score (nSPS) is 16.8. The van der Waals surface area contributed by atoms with Gasteiger partial charge in [0.1, 0.15) is 5.82 Å². The van der Waals surface area contributed by atoms with Crippen LogP contribution in [0.25, 0.3) is 11.2 Å². The van der Waals surface area contributed by atoms with Crippen molar-refractivity contribution in [2.45, 2.75) is 65.3 Å². The van der Waals surface area contributed by atoms with Gasteiger partial charge in [-0.3, -0.25) is 19.2 Å². The smallest absolute Gasteiger partial charge is 0.330 e. The zero-order valence-electron chi connectivity index (χ0n) is 15.0. The minimum atomic E-state index is -0.389. The molecule has 3 heterocycles. The third-order valence-electron chi connectivity index (χ3n) is 4.94. The maximum atomic E-state index is 12.4. The van der Waals surface area contributed by atoms with Crippen LogP contribution in [0.4, 0.5) is 0 Å². The van der Waals surface area contributed by atoms with Gasteiger partial charge >= 0.3 is 5.69 Å². The van der Waals surface area contributed by atoms with E-state index in [2.05, 4.69) is 21.8 Å². The van der Waals surface area contributed by atoms with Gasteiger partial charge in [0.05, 0.1) is 12.6 Å². The van der Waals surface area contributed by atoms with Crippen molar-refractivity contribution in [1.29, 1.82) is 0 Å². The number of rotatable bonds is 6. The van der Waals surface area contributed by atoms with Crippen LogP contribution in [0.3, 0.4) is 0 Å². The molecule has 1 fully saturated rings. The van der Waals surface area contributed by atoms with Gasteiger partial charge in [-0.1, -0.05) is 13.3 Å². The van der Waals surface area contributed by atoms with Crippen molar-refractivity contribution < 1.29 is 5.11 Å². The number of aryl methyl sites for hydroxylation is 2. The molecule has 1 aliphatic heterocycles. The van der Waals surface area contributed by atoms with Crippen molar-refractivity contribution in [2.24, 2.45) is 0 Å². The Labute approximate surface area is 146 Å². The van der Waals surface area contributed by atoms with E-state index in [-0.39, 0.29) is 17.4 Å². The standard InChI is InChI=1S/C17H27N5O3/c1-3-5-8-22-15-14(16(24)19-17(22)25)21(4-2)13(18-15)11-20-9-6-12(23)7-10-20/h12,23H,3-11H2,1-2H3,(H,19,24,25). The second-order valence-corrected chi connectivity index (χ2v) is 6.72. The van der Waals surface area contributed by atoms with Crippen LogP contribution in [0.2, 0.25) is 0 Å². The van der Waals surface area contributed by atoms with E-state index in [0.717, 1.165) is 44.6 Å². The molecule has 138 valence electrons. The molecule has 0 spiro atoms. The lowest BCUT2D eigenvalue weighted by atomic mass is 10.1. The summed E-state index contributed by atoms with van der Waals surface area (Å²) < 4.78 is 3.48. The quantitative estimate of drug-likeness (QED) is 0.799. The van der Waals surface area contributed by atoms with Gasteiger partial charge in [-0.2, -0.15) is 0 Å². The first-order valence-electron chi connectivity index (χ1n) is 9.17. The van der Waals surface area contributed by atoms with Gasteiger partial charge in [-0.15, -0.1) is 0 Å². The van der Waals surface area contributed by atoms with Crippen LogP contribution in [-0.2, 0) is 19.6 Å². The molecule has 2 aromatic heterocycles. The Kier molecular flexibility index (Phi) is 5.39. The van der Waals surface area contributed by atoms with Gasteiger partial charge in [0, 0.05) is 26.2 Å². The highest BCUT2D eigenvalue weighted by molar-refractivity contribution is 5.70. The van der Waals surface area contributed by atoms with Gasteiger partial charge in [-0.25, -0.2) is 9.78 Å². The number of nitrogens with zero attached hydrogens (tertiary/aromatic N) is 4. The van der Waals surface area contributed by atoms with Crippen LogP contribution in [0.15, 0.2) is 9.59 Å². The first-order valence-corrected chi connectivity index (χ1v) is 9.17. The van der Waals surface area contributed by atoms with Gasteiger partial charge in [0.2, 0.25) is 0 Å². The number of H-pyrrole nitrogens is 1. The van der Waals surface area contributed by atoms with Gasteiger partial charge in [-0.05, 0) is 26.2 Å². The first-order chi connectivity index (χ1) is 12.0.